The molecule has 10 heteroatoms. The van der Waals surface area contributed by atoms with Gasteiger partial charge in [0.15, 0.2) is 11.6 Å². The van der Waals surface area contributed by atoms with Crippen LogP contribution in [0.25, 0.3) is 0 Å². The van der Waals surface area contributed by atoms with Gasteiger partial charge in [0.25, 0.3) is 5.91 Å². The van der Waals surface area contributed by atoms with E-state index in [0.717, 1.165) is 25.7 Å². The number of rotatable bonds is 7. The molecule has 3 aromatic rings. The second kappa shape index (κ2) is 11.4. The largest absolute Gasteiger partial charge is 0.483 e. The van der Waals surface area contributed by atoms with E-state index in [9.17, 15) is 14.0 Å². The molecule has 0 unspecified atom stereocenters. The second-order valence-electron chi connectivity index (χ2n) is 8.10. The van der Waals surface area contributed by atoms with Gasteiger partial charge in [0.05, 0.1) is 17.7 Å². The highest BCUT2D eigenvalue weighted by atomic mass is 32.1. The molecule has 0 saturated heterocycles. The Hall–Kier alpha value is -3.97. The van der Waals surface area contributed by atoms with Gasteiger partial charge in [0, 0.05) is 17.1 Å². The molecule has 0 radical (unpaired) electrons. The van der Waals surface area contributed by atoms with E-state index < -0.39 is 5.82 Å². The van der Waals surface area contributed by atoms with Crippen LogP contribution in [0.1, 0.15) is 46.7 Å². The molecule has 1 fully saturated rings. The maximum Gasteiger partial charge on any atom is 0.319 e. The summed E-state index contributed by atoms with van der Waals surface area (Å²) in [5.74, 6) is -0.658. The highest BCUT2D eigenvalue weighted by molar-refractivity contribution is 7.09. The zero-order chi connectivity index (χ0) is 24.6. The van der Waals surface area contributed by atoms with Crippen LogP contribution in [0.15, 0.2) is 53.9 Å². The number of hydrogen-bond acceptors (Lipinski definition) is 6. The van der Waals surface area contributed by atoms with Gasteiger partial charge in [0.1, 0.15) is 17.3 Å². The van der Waals surface area contributed by atoms with Crippen LogP contribution in [-0.4, -0.2) is 29.0 Å². The summed E-state index contributed by atoms with van der Waals surface area (Å²) in [6.45, 7) is 0.0575. The van der Waals surface area contributed by atoms with Crippen LogP contribution >= 0.6 is 11.3 Å². The second-order valence-corrected chi connectivity index (χ2v) is 9.05. The van der Waals surface area contributed by atoms with Crippen LogP contribution in [0.4, 0.5) is 14.9 Å². The minimum absolute atomic E-state index is 0.0575. The van der Waals surface area contributed by atoms with Crippen LogP contribution in [-0.2, 0) is 6.61 Å². The van der Waals surface area contributed by atoms with E-state index in [2.05, 4.69) is 20.9 Å². The first kappa shape index (κ1) is 24.2. The Bertz CT molecular complexity index is 1220. The van der Waals surface area contributed by atoms with Gasteiger partial charge in [-0.15, -0.1) is 11.3 Å². The number of nitrogens with zero attached hydrogens (tertiary/aromatic N) is 2. The molecule has 4 rings (SSSR count). The van der Waals surface area contributed by atoms with Crippen molar-refractivity contribution in [3.8, 4) is 11.8 Å². The molecule has 1 aromatic heterocycles. The van der Waals surface area contributed by atoms with Gasteiger partial charge in [-0.1, -0.05) is 25.0 Å². The minimum Gasteiger partial charge on any atom is -0.483 e. The van der Waals surface area contributed by atoms with Gasteiger partial charge < -0.3 is 20.7 Å². The summed E-state index contributed by atoms with van der Waals surface area (Å²) in [7, 11) is 0. The Balaban J connectivity index is 1.31. The van der Waals surface area contributed by atoms with Crippen molar-refractivity contribution in [2.75, 3.05) is 5.32 Å². The van der Waals surface area contributed by atoms with E-state index in [1.54, 1.807) is 41.8 Å². The molecule has 3 N–H and O–H groups in total. The summed E-state index contributed by atoms with van der Waals surface area (Å²) in [6.07, 6.45) is 3.37. The summed E-state index contributed by atoms with van der Waals surface area (Å²) in [5.41, 5.74) is 1.34. The number of anilines is 1. The van der Waals surface area contributed by atoms with Crippen LogP contribution in [0.2, 0.25) is 0 Å². The lowest BCUT2D eigenvalue weighted by Gasteiger charge is -2.32. The standard InChI is InChI=1S/C25H24FN5O3S/c26-18-5-1-4-8-22(18)34-14-23-29-21(15-35-23)24(32)30-19-6-2-3-7-20(19)31-25(33)28-17-11-9-16(13-27)10-12-17/h1,4-5,8-12,15,19-20H,2-3,6-7,14H2,(H,30,32)(H2,28,31,33)/t19-,20+/m0/s1. The predicted molar refractivity (Wildman–Crippen MR) is 130 cm³/mol. The summed E-state index contributed by atoms with van der Waals surface area (Å²) in [5, 5.41) is 19.8. The number of para-hydroxylation sites is 1. The predicted octanol–water partition coefficient (Wildman–Crippen LogP) is 4.60. The number of carbonyl (C=O) groups is 2. The van der Waals surface area contributed by atoms with E-state index in [0.29, 0.717) is 16.3 Å². The van der Waals surface area contributed by atoms with E-state index in [1.807, 2.05) is 6.07 Å². The number of hydrogen-bond donors (Lipinski definition) is 3. The molecular weight excluding hydrogens is 469 g/mol. The van der Waals surface area contributed by atoms with Gasteiger partial charge in [-0.25, -0.2) is 14.2 Å². The molecular formula is C25H24FN5O3S. The SMILES string of the molecule is N#Cc1ccc(NC(=O)N[C@@H]2CCCC[C@@H]2NC(=O)c2csc(COc3ccccc3F)n2)cc1. The van der Waals surface area contributed by atoms with Gasteiger partial charge >= 0.3 is 6.03 Å². The fourth-order valence-corrected chi connectivity index (χ4v) is 4.55. The molecule has 35 heavy (non-hydrogen) atoms. The number of carbonyl (C=O) groups excluding carboxylic acids is 2. The smallest absolute Gasteiger partial charge is 0.319 e. The molecule has 180 valence electrons. The zero-order valence-corrected chi connectivity index (χ0v) is 19.6. The Kier molecular flexibility index (Phi) is 7.90. The third-order valence-corrected chi connectivity index (χ3v) is 6.47. The van der Waals surface area contributed by atoms with Crippen LogP contribution in [0, 0.1) is 17.1 Å². The molecule has 1 aliphatic carbocycles. The van der Waals surface area contributed by atoms with Crippen molar-refractivity contribution in [2.45, 2.75) is 44.4 Å². The average molecular weight is 494 g/mol. The lowest BCUT2D eigenvalue weighted by Crippen LogP contribution is -2.54. The average Bonchev–Trinajstić information content (AvgIpc) is 3.34. The third-order valence-electron chi connectivity index (χ3n) is 5.64. The Labute approximate surface area is 206 Å². The van der Waals surface area contributed by atoms with Crippen LogP contribution < -0.4 is 20.7 Å². The highest BCUT2D eigenvalue weighted by Crippen LogP contribution is 2.21. The van der Waals surface area contributed by atoms with E-state index >= 15 is 0 Å². The molecule has 1 aliphatic rings. The summed E-state index contributed by atoms with van der Waals surface area (Å²) < 4.78 is 19.2. The molecule has 0 bridgehead atoms. The molecule has 3 amide bonds. The van der Waals surface area contributed by atoms with Crippen LogP contribution in [0.5, 0.6) is 5.75 Å². The molecule has 8 nitrogen and oxygen atoms in total. The van der Waals surface area contributed by atoms with E-state index in [4.69, 9.17) is 10.00 Å². The van der Waals surface area contributed by atoms with Crippen molar-refractivity contribution in [2.24, 2.45) is 0 Å². The van der Waals surface area contributed by atoms with Gasteiger partial charge in [-0.3, -0.25) is 4.79 Å². The highest BCUT2D eigenvalue weighted by Gasteiger charge is 2.28. The Morgan fingerprint density at radius 3 is 2.51 bits per heavy atom. The Morgan fingerprint density at radius 2 is 1.80 bits per heavy atom. The Morgan fingerprint density at radius 1 is 1.09 bits per heavy atom. The van der Waals surface area contributed by atoms with E-state index in [-0.39, 0.29) is 42.1 Å². The zero-order valence-electron chi connectivity index (χ0n) is 18.8. The first-order valence-corrected chi connectivity index (χ1v) is 12.1. The number of urea groups is 1. The minimum atomic E-state index is -0.457. The van der Waals surface area contributed by atoms with Gasteiger partial charge in [0.2, 0.25) is 0 Å². The van der Waals surface area contributed by atoms with Crippen molar-refractivity contribution in [1.82, 2.24) is 15.6 Å². The van der Waals surface area contributed by atoms with Crippen molar-refractivity contribution in [3.05, 3.63) is 76.0 Å². The lowest BCUT2D eigenvalue weighted by molar-refractivity contribution is 0.0911. The number of aromatic nitrogens is 1. The van der Waals surface area contributed by atoms with Crippen LogP contribution in [0.3, 0.4) is 0 Å². The van der Waals surface area contributed by atoms with Gasteiger partial charge in [-0.2, -0.15) is 5.26 Å². The molecule has 1 heterocycles. The maximum atomic E-state index is 13.7. The number of amides is 3. The lowest BCUT2D eigenvalue weighted by atomic mass is 9.90. The van der Waals surface area contributed by atoms with E-state index in [1.165, 1.54) is 23.5 Å². The quantitative estimate of drug-likeness (QED) is 0.445. The molecule has 2 aromatic carbocycles. The molecule has 2 atom stereocenters. The monoisotopic (exact) mass is 493 g/mol. The fraction of sp³-hybridized carbons (Fsp3) is 0.280. The number of nitrogens with one attached hydrogen (secondary N) is 3. The van der Waals surface area contributed by atoms with Crippen molar-refractivity contribution in [3.63, 3.8) is 0 Å². The number of halogens is 1. The number of nitriles is 1. The molecule has 0 aliphatic heterocycles. The number of benzene rings is 2. The number of ether oxygens (including phenoxy) is 1. The van der Waals surface area contributed by atoms with Crippen molar-refractivity contribution in [1.29, 1.82) is 5.26 Å². The summed E-state index contributed by atoms with van der Waals surface area (Å²) in [6, 6.07) is 13.9. The van der Waals surface area contributed by atoms with Gasteiger partial charge in [-0.05, 0) is 49.2 Å². The fourth-order valence-electron chi connectivity index (χ4n) is 3.87. The number of thiazole rings is 1. The van der Waals surface area contributed by atoms with Crippen molar-refractivity contribution < 1.29 is 18.7 Å². The normalized spacial score (nSPS) is 17.1. The molecule has 1 saturated carbocycles. The first-order valence-electron chi connectivity index (χ1n) is 11.2. The molecule has 0 spiro atoms. The maximum absolute atomic E-state index is 13.7. The summed E-state index contributed by atoms with van der Waals surface area (Å²) in [4.78, 5) is 29.6. The van der Waals surface area contributed by atoms with Crippen molar-refractivity contribution >= 4 is 29.0 Å². The first-order chi connectivity index (χ1) is 17.0. The topological polar surface area (TPSA) is 116 Å². The third kappa shape index (κ3) is 6.55. The summed E-state index contributed by atoms with van der Waals surface area (Å²) >= 11 is 1.26.